The molecule has 6 heteroatoms. The molecule has 0 spiro atoms. The molecule has 3 aromatic rings. The maximum absolute atomic E-state index is 11.9. The van der Waals surface area contributed by atoms with E-state index in [1.54, 1.807) is 54.6 Å². The molecular formula is C19H15ClN2O3. The van der Waals surface area contributed by atoms with Crippen molar-refractivity contribution in [2.24, 2.45) is 5.10 Å². The van der Waals surface area contributed by atoms with Gasteiger partial charge >= 0.3 is 0 Å². The van der Waals surface area contributed by atoms with Crippen LogP contribution in [0.15, 0.2) is 76.2 Å². The van der Waals surface area contributed by atoms with Gasteiger partial charge in [0.25, 0.3) is 5.91 Å². The molecule has 126 valence electrons. The summed E-state index contributed by atoms with van der Waals surface area (Å²) in [6, 6.07) is 19.4. The SMILES string of the molecule is O=C(N/N=C\c1ccc(-c2ccc(Cl)cc2)o1)[C@@H](O)c1ccccc1. The van der Waals surface area contributed by atoms with Crippen molar-refractivity contribution in [3.63, 3.8) is 0 Å². The van der Waals surface area contributed by atoms with E-state index in [1.165, 1.54) is 6.21 Å². The molecule has 0 fully saturated rings. The number of halogens is 1. The van der Waals surface area contributed by atoms with Crippen molar-refractivity contribution in [2.45, 2.75) is 6.10 Å². The number of carbonyl (C=O) groups is 1. The van der Waals surface area contributed by atoms with Crippen molar-refractivity contribution >= 4 is 23.7 Å². The average Bonchev–Trinajstić information content (AvgIpc) is 3.11. The lowest BCUT2D eigenvalue weighted by Gasteiger charge is -2.08. The fraction of sp³-hybridized carbons (Fsp3) is 0.0526. The van der Waals surface area contributed by atoms with Crippen molar-refractivity contribution in [1.29, 1.82) is 0 Å². The van der Waals surface area contributed by atoms with Crippen molar-refractivity contribution in [3.8, 4) is 11.3 Å². The normalized spacial score (nSPS) is 12.2. The number of amides is 1. The van der Waals surface area contributed by atoms with Gasteiger partial charge in [-0.25, -0.2) is 5.43 Å². The van der Waals surface area contributed by atoms with Crippen LogP contribution in [0.4, 0.5) is 0 Å². The molecule has 0 saturated heterocycles. The molecule has 2 N–H and O–H groups in total. The van der Waals surface area contributed by atoms with Crippen LogP contribution in [-0.4, -0.2) is 17.2 Å². The molecule has 0 bridgehead atoms. The first kappa shape index (κ1) is 17.0. The Morgan fingerprint density at radius 1 is 1.08 bits per heavy atom. The van der Waals surface area contributed by atoms with Crippen LogP contribution in [-0.2, 0) is 4.79 Å². The van der Waals surface area contributed by atoms with E-state index in [1.807, 2.05) is 12.1 Å². The third-order valence-corrected chi connectivity index (χ3v) is 3.74. The summed E-state index contributed by atoms with van der Waals surface area (Å²) in [7, 11) is 0. The number of carbonyl (C=O) groups excluding carboxylic acids is 1. The summed E-state index contributed by atoms with van der Waals surface area (Å²) in [6.45, 7) is 0. The summed E-state index contributed by atoms with van der Waals surface area (Å²) in [4.78, 5) is 11.9. The van der Waals surface area contributed by atoms with Gasteiger partial charge in [-0.05, 0) is 42.0 Å². The van der Waals surface area contributed by atoms with Gasteiger partial charge in [-0.3, -0.25) is 4.79 Å². The maximum atomic E-state index is 11.9. The summed E-state index contributed by atoms with van der Waals surface area (Å²) < 4.78 is 5.63. The Bertz CT molecular complexity index is 873. The molecule has 1 heterocycles. The Kier molecular flexibility index (Phi) is 5.28. The van der Waals surface area contributed by atoms with Crippen molar-refractivity contribution in [3.05, 3.63) is 83.1 Å². The van der Waals surface area contributed by atoms with Crippen LogP contribution >= 0.6 is 11.6 Å². The molecule has 2 aromatic carbocycles. The number of hydrogen-bond acceptors (Lipinski definition) is 4. The standard InChI is InChI=1S/C19H15ClN2O3/c20-15-8-6-13(7-9-15)17-11-10-16(25-17)12-21-22-19(24)18(23)14-4-2-1-3-5-14/h1-12,18,23H,(H,22,24)/b21-12-/t18-/m0/s1. The van der Waals surface area contributed by atoms with Gasteiger partial charge in [0.2, 0.25) is 0 Å². The molecule has 0 aliphatic carbocycles. The topological polar surface area (TPSA) is 74.8 Å². The third kappa shape index (κ3) is 4.35. The van der Waals surface area contributed by atoms with Gasteiger partial charge in [0.15, 0.2) is 6.10 Å². The number of nitrogens with one attached hydrogen (secondary N) is 1. The molecule has 5 nitrogen and oxygen atoms in total. The van der Waals surface area contributed by atoms with Crippen LogP contribution in [0.3, 0.4) is 0 Å². The van der Waals surface area contributed by atoms with Gasteiger partial charge in [0.05, 0.1) is 6.21 Å². The van der Waals surface area contributed by atoms with Crippen molar-refractivity contribution in [1.82, 2.24) is 5.43 Å². The minimum Gasteiger partial charge on any atom is -0.455 e. The number of furan rings is 1. The van der Waals surface area contributed by atoms with E-state index in [9.17, 15) is 9.90 Å². The smallest absolute Gasteiger partial charge is 0.273 e. The number of benzene rings is 2. The van der Waals surface area contributed by atoms with Gasteiger partial charge in [0.1, 0.15) is 11.5 Å². The van der Waals surface area contributed by atoms with E-state index in [0.29, 0.717) is 22.1 Å². The number of hydrogen-bond donors (Lipinski definition) is 2. The lowest BCUT2D eigenvalue weighted by molar-refractivity contribution is -0.129. The molecule has 1 atom stereocenters. The van der Waals surface area contributed by atoms with E-state index in [0.717, 1.165) is 5.56 Å². The van der Waals surface area contributed by atoms with Gasteiger partial charge in [-0.1, -0.05) is 41.9 Å². The number of aliphatic hydroxyl groups is 1. The Labute approximate surface area is 149 Å². The van der Waals surface area contributed by atoms with E-state index in [-0.39, 0.29) is 0 Å². The zero-order valence-electron chi connectivity index (χ0n) is 13.1. The lowest BCUT2D eigenvalue weighted by Crippen LogP contribution is -2.25. The molecule has 1 amide bonds. The minimum atomic E-state index is -1.28. The highest BCUT2D eigenvalue weighted by molar-refractivity contribution is 6.30. The number of nitrogens with zero attached hydrogens (tertiary/aromatic N) is 1. The fourth-order valence-corrected chi connectivity index (χ4v) is 2.32. The van der Waals surface area contributed by atoms with Crippen LogP contribution < -0.4 is 5.43 Å². The first-order chi connectivity index (χ1) is 12.1. The second-order valence-electron chi connectivity index (χ2n) is 5.26. The molecule has 0 unspecified atom stereocenters. The Balaban J connectivity index is 1.61. The highest BCUT2D eigenvalue weighted by Gasteiger charge is 2.16. The summed E-state index contributed by atoms with van der Waals surface area (Å²) in [5.74, 6) is 0.514. The number of rotatable bonds is 5. The maximum Gasteiger partial charge on any atom is 0.273 e. The first-order valence-corrected chi connectivity index (χ1v) is 7.93. The first-order valence-electron chi connectivity index (χ1n) is 7.55. The molecule has 1 aromatic heterocycles. The molecule has 0 aliphatic heterocycles. The van der Waals surface area contributed by atoms with Crippen LogP contribution in [0, 0.1) is 0 Å². The van der Waals surface area contributed by atoms with Gasteiger partial charge in [-0.2, -0.15) is 5.10 Å². The summed E-state index contributed by atoms with van der Waals surface area (Å²) in [6.07, 6.45) is 0.0919. The summed E-state index contributed by atoms with van der Waals surface area (Å²) in [5.41, 5.74) is 3.67. The molecule has 25 heavy (non-hydrogen) atoms. The second kappa shape index (κ2) is 7.79. The zero-order valence-corrected chi connectivity index (χ0v) is 13.9. The Morgan fingerprint density at radius 2 is 1.80 bits per heavy atom. The van der Waals surface area contributed by atoms with E-state index < -0.39 is 12.0 Å². The van der Waals surface area contributed by atoms with Crippen LogP contribution in [0.2, 0.25) is 5.02 Å². The zero-order chi connectivity index (χ0) is 17.6. The van der Waals surface area contributed by atoms with Gasteiger partial charge in [-0.15, -0.1) is 0 Å². The molecule has 0 aliphatic rings. The summed E-state index contributed by atoms with van der Waals surface area (Å²) >= 11 is 5.86. The third-order valence-electron chi connectivity index (χ3n) is 3.49. The van der Waals surface area contributed by atoms with Crippen LogP contribution in [0.5, 0.6) is 0 Å². The Morgan fingerprint density at radius 3 is 2.52 bits per heavy atom. The second-order valence-corrected chi connectivity index (χ2v) is 5.69. The molecule has 0 radical (unpaired) electrons. The van der Waals surface area contributed by atoms with E-state index >= 15 is 0 Å². The highest BCUT2D eigenvalue weighted by Crippen LogP contribution is 2.23. The predicted octanol–water partition coefficient (Wildman–Crippen LogP) is 3.78. The van der Waals surface area contributed by atoms with Crippen LogP contribution in [0.25, 0.3) is 11.3 Å². The van der Waals surface area contributed by atoms with Gasteiger partial charge in [0, 0.05) is 10.6 Å². The van der Waals surface area contributed by atoms with Crippen molar-refractivity contribution in [2.75, 3.05) is 0 Å². The number of hydrazone groups is 1. The largest absolute Gasteiger partial charge is 0.455 e. The average molecular weight is 355 g/mol. The minimum absolute atomic E-state index is 0.472. The predicted molar refractivity (Wildman–Crippen MR) is 96.3 cm³/mol. The van der Waals surface area contributed by atoms with E-state index in [2.05, 4.69) is 10.5 Å². The van der Waals surface area contributed by atoms with Gasteiger partial charge < -0.3 is 9.52 Å². The monoisotopic (exact) mass is 354 g/mol. The number of aliphatic hydroxyl groups excluding tert-OH is 1. The molecule has 3 rings (SSSR count). The Hall–Kier alpha value is -2.89. The quantitative estimate of drug-likeness (QED) is 0.540. The molecule has 0 saturated carbocycles. The van der Waals surface area contributed by atoms with E-state index in [4.69, 9.17) is 16.0 Å². The van der Waals surface area contributed by atoms with Crippen LogP contribution in [0.1, 0.15) is 17.4 Å². The highest BCUT2D eigenvalue weighted by atomic mass is 35.5. The summed E-state index contributed by atoms with van der Waals surface area (Å²) in [5, 5.41) is 14.4. The fourth-order valence-electron chi connectivity index (χ4n) is 2.20. The lowest BCUT2D eigenvalue weighted by atomic mass is 10.1. The molecular weight excluding hydrogens is 340 g/mol. The van der Waals surface area contributed by atoms with Crippen molar-refractivity contribution < 1.29 is 14.3 Å².